The van der Waals surface area contributed by atoms with E-state index in [1.54, 1.807) is 0 Å². The minimum absolute atomic E-state index is 0.582. The van der Waals surface area contributed by atoms with E-state index in [1.165, 1.54) is 50.9 Å². The Labute approximate surface area is 110 Å². The fourth-order valence-corrected chi connectivity index (χ4v) is 4.02. The molecule has 1 spiro atoms. The molecule has 98 valence electrons. The monoisotopic (exact) mass is 244 g/mol. The zero-order chi connectivity index (χ0) is 12.6. The fraction of sp³-hybridized carbons (Fsp3) is 0.688. The third-order valence-electron chi connectivity index (χ3n) is 5.04. The Morgan fingerprint density at radius 2 is 1.67 bits per heavy atom. The number of hydrogen-bond donors (Lipinski definition) is 0. The van der Waals surface area contributed by atoms with Crippen LogP contribution in [0.1, 0.15) is 46.0 Å². The molecule has 0 unspecified atom stereocenters. The third kappa shape index (κ3) is 2.25. The first kappa shape index (κ1) is 12.0. The average molecular weight is 244 g/mol. The van der Waals surface area contributed by atoms with Gasteiger partial charge in [-0.2, -0.15) is 0 Å². The van der Waals surface area contributed by atoms with E-state index in [1.807, 2.05) is 12.4 Å². The molecule has 0 radical (unpaired) electrons. The van der Waals surface area contributed by atoms with Gasteiger partial charge < -0.3 is 4.90 Å². The molecule has 2 nitrogen and oxygen atoms in total. The van der Waals surface area contributed by atoms with Crippen LogP contribution in [-0.4, -0.2) is 18.1 Å². The van der Waals surface area contributed by atoms with Crippen molar-refractivity contribution in [3.05, 3.63) is 24.5 Å². The van der Waals surface area contributed by atoms with E-state index in [-0.39, 0.29) is 0 Å². The smallest absolute Gasteiger partial charge is 0.0397 e. The van der Waals surface area contributed by atoms with Crippen molar-refractivity contribution in [3.63, 3.8) is 0 Å². The van der Waals surface area contributed by atoms with E-state index in [2.05, 4.69) is 35.9 Å². The van der Waals surface area contributed by atoms with Crippen molar-refractivity contribution in [2.24, 2.45) is 10.8 Å². The molecule has 3 rings (SSSR count). The first-order valence-electron chi connectivity index (χ1n) is 7.24. The Morgan fingerprint density at radius 1 is 1.00 bits per heavy atom. The minimum atomic E-state index is 0.582. The molecule has 1 aliphatic heterocycles. The van der Waals surface area contributed by atoms with Crippen LogP contribution in [0.2, 0.25) is 0 Å². The van der Waals surface area contributed by atoms with Crippen LogP contribution in [-0.2, 0) is 0 Å². The lowest BCUT2D eigenvalue weighted by Gasteiger charge is -2.41. The predicted octanol–water partition coefficient (Wildman–Crippen LogP) is 3.88. The van der Waals surface area contributed by atoms with Gasteiger partial charge in [-0.15, -0.1) is 0 Å². The predicted molar refractivity (Wildman–Crippen MR) is 75.7 cm³/mol. The second kappa shape index (κ2) is 4.25. The first-order chi connectivity index (χ1) is 8.59. The summed E-state index contributed by atoms with van der Waals surface area (Å²) in [6.45, 7) is 7.33. The second-order valence-corrected chi connectivity index (χ2v) is 7.03. The van der Waals surface area contributed by atoms with E-state index >= 15 is 0 Å². The molecule has 2 fully saturated rings. The van der Waals surface area contributed by atoms with E-state index in [0.29, 0.717) is 10.8 Å². The van der Waals surface area contributed by atoms with Crippen molar-refractivity contribution in [1.29, 1.82) is 0 Å². The number of anilines is 1. The molecule has 2 aliphatic rings. The second-order valence-electron chi connectivity index (χ2n) is 7.03. The Hall–Kier alpha value is -1.05. The highest BCUT2D eigenvalue weighted by Crippen LogP contribution is 2.54. The van der Waals surface area contributed by atoms with Gasteiger partial charge in [0, 0.05) is 31.2 Å². The quantitative estimate of drug-likeness (QED) is 0.745. The Morgan fingerprint density at radius 3 is 2.22 bits per heavy atom. The summed E-state index contributed by atoms with van der Waals surface area (Å²) in [4.78, 5) is 6.63. The van der Waals surface area contributed by atoms with Crippen molar-refractivity contribution in [3.8, 4) is 0 Å². The van der Waals surface area contributed by atoms with Gasteiger partial charge in [0.2, 0.25) is 0 Å². The molecule has 0 N–H and O–H groups in total. The summed E-state index contributed by atoms with van der Waals surface area (Å²) < 4.78 is 0. The van der Waals surface area contributed by atoms with Gasteiger partial charge in [-0.3, -0.25) is 4.98 Å². The van der Waals surface area contributed by atoms with Gasteiger partial charge in [0.25, 0.3) is 0 Å². The minimum Gasteiger partial charge on any atom is -0.371 e. The highest BCUT2D eigenvalue weighted by molar-refractivity contribution is 5.45. The van der Waals surface area contributed by atoms with Crippen molar-refractivity contribution in [2.75, 3.05) is 18.0 Å². The molecule has 1 aromatic heterocycles. The zero-order valence-corrected chi connectivity index (χ0v) is 11.7. The molecule has 2 heteroatoms. The van der Waals surface area contributed by atoms with E-state index in [9.17, 15) is 0 Å². The number of nitrogens with zero attached hydrogens (tertiary/aromatic N) is 2. The van der Waals surface area contributed by atoms with Crippen molar-refractivity contribution in [2.45, 2.75) is 46.0 Å². The Kier molecular flexibility index (Phi) is 2.84. The lowest BCUT2D eigenvalue weighted by Crippen LogP contribution is -2.39. The van der Waals surface area contributed by atoms with Crippen LogP contribution in [0, 0.1) is 10.8 Å². The molecule has 0 bridgehead atoms. The largest absolute Gasteiger partial charge is 0.371 e. The first-order valence-corrected chi connectivity index (χ1v) is 7.24. The average Bonchev–Trinajstić information content (AvgIpc) is 2.67. The third-order valence-corrected chi connectivity index (χ3v) is 5.04. The van der Waals surface area contributed by atoms with Crippen molar-refractivity contribution in [1.82, 2.24) is 4.98 Å². The number of aromatic nitrogens is 1. The maximum atomic E-state index is 4.10. The highest BCUT2D eigenvalue weighted by Gasteiger charge is 2.44. The topological polar surface area (TPSA) is 16.1 Å². The van der Waals surface area contributed by atoms with E-state index in [4.69, 9.17) is 0 Å². The van der Waals surface area contributed by atoms with E-state index in [0.717, 1.165) is 0 Å². The van der Waals surface area contributed by atoms with Crippen LogP contribution < -0.4 is 4.90 Å². The van der Waals surface area contributed by atoms with Gasteiger partial charge in [0.05, 0.1) is 0 Å². The molecule has 0 amide bonds. The zero-order valence-electron chi connectivity index (χ0n) is 11.7. The summed E-state index contributed by atoms with van der Waals surface area (Å²) in [6.07, 6.45) is 10.9. The maximum Gasteiger partial charge on any atom is 0.0397 e. The van der Waals surface area contributed by atoms with Crippen LogP contribution in [0.15, 0.2) is 24.5 Å². The van der Waals surface area contributed by atoms with Gasteiger partial charge in [-0.25, -0.2) is 0 Å². The molecule has 2 heterocycles. The molecular formula is C16H24N2. The lowest BCUT2D eigenvalue weighted by molar-refractivity contribution is 0.199. The van der Waals surface area contributed by atoms with Crippen LogP contribution in [0.25, 0.3) is 0 Å². The van der Waals surface area contributed by atoms with Gasteiger partial charge >= 0.3 is 0 Å². The molecular weight excluding hydrogens is 220 g/mol. The molecule has 1 saturated carbocycles. The SMILES string of the molecule is CC1(C)CCC2(CCN(c3ccncc3)CC2)C1. The van der Waals surface area contributed by atoms with Crippen LogP contribution in [0.4, 0.5) is 5.69 Å². The number of pyridine rings is 1. The normalized spacial score (nSPS) is 25.6. The molecule has 1 aromatic rings. The van der Waals surface area contributed by atoms with E-state index < -0.39 is 0 Å². The van der Waals surface area contributed by atoms with Crippen molar-refractivity contribution < 1.29 is 0 Å². The number of piperidine rings is 1. The maximum absolute atomic E-state index is 4.10. The standard InChI is InChI=1S/C16H24N2/c1-15(2)5-6-16(13-15)7-11-18(12-8-16)14-3-9-17-10-4-14/h3-4,9-10H,5-8,11-13H2,1-2H3. The fourth-order valence-electron chi connectivity index (χ4n) is 4.02. The van der Waals surface area contributed by atoms with Gasteiger partial charge in [-0.05, 0) is 55.1 Å². The summed E-state index contributed by atoms with van der Waals surface area (Å²) in [5, 5.41) is 0. The molecule has 1 aliphatic carbocycles. The summed E-state index contributed by atoms with van der Waals surface area (Å²) in [6, 6.07) is 4.27. The van der Waals surface area contributed by atoms with Crippen LogP contribution >= 0.6 is 0 Å². The number of hydrogen-bond acceptors (Lipinski definition) is 2. The molecule has 18 heavy (non-hydrogen) atoms. The molecule has 0 aromatic carbocycles. The summed E-state index contributed by atoms with van der Waals surface area (Å²) in [7, 11) is 0. The van der Waals surface area contributed by atoms with Crippen LogP contribution in [0.3, 0.4) is 0 Å². The van der Waals surface area contributed by atoms with Gasteiger partial charge in [-0.1, -0.05) is 13.8 Å². The molecule has 1 saturated heterocycles. The molecule has 0 atom stereocenters. The summed E-state index contributed by atoms with van der Waals surface area (Å²) in [5.41, 5.74) is 2.59. The van der Waals surface area contributed by atoms with Crippen molar-refractivity contribution >= 4 is 5.69 Å². The summed E-state index contributed by atoms with van der Waals surface area (Å²) in [5.74, 6) is 0. The highest BCUT2D eigenvalue weighted by atomic mass is 15.1. The Balaban J connectivity index is 1.65. The Bertz CT molecular complexity index is 402. The van der Waals surface area contributed by atoms with Gasteiger partial charge in [0.15, 0.2) is 0 Å². The summed E-state index contributed by atoms with van der Waals surface area (Å²) >= 11 is 0. The van der Waals surface area contributed by atoms with Gasteiger partial charge in [0.1, 0.15) is 0 Å². The number of rotatable bonds is 1. The van der Waals surface area contributed by atoms with Crippen LogP contribution in [0.5, 0.6) is 0 Å². The lowest BCUT2D eigenvalue weighted by atomic mass is 9.74.